The van der Waals surface area contributed by atoms with Crippen LogP contribution in [0.25, 0.3) is 22.4 Å². The Labute approximate surface area is 103 Å². The van der Waals surface area contributed by atoms with Crippen LogP contribution in [0.1, 0.15) is 5.69 Å². The van der Waals surface area contributed by atoms with Gasteiger partial charge in [0.05, 0.1) is 22.3 Å². The summed E-state index contributed by atoms with van der Waals surface area (Å²) >= 11 is 6.10. The first-order valence-corrected chi connectivity index (χ1v) is 5.68. The van der Waals surface area contributed by atoms with Crippen LogP contribution in [0.5, 0.6) is 0 Å². The second-order valence-electron chi connectivity index (χ2n) is 3.99. The Hall–Kier alpha value is -1.81. The van der Waals surface area contributed by atoms with Crippen LogP contribution in [0.2, 0.25) is 5.02 Å². The van der Waals surface area contributed by atoms with Crippen molar-refractivity contribution in [3.8, 4) is 11.4 Å². The van der Waals surface area contributed by atoms with Crippen molar-refractivity contribution in [1.82, 2.24) is 19.7 Å². The second-order valence-corrected chi connectivity index (χ2v) is 4.40. The number of fused-ring (bicyclic) bond motifs is 1. The Balaban J connectivity index is 2.25. The van der Waals surface area contributed by atoms with Crippen LogP contribution in [-0.2, 0) is 7.05 Å². The standard InChI is InChI=1S/C12H11ClN4/c1-7-8(6-14-17(7)2)12-15-10-5-3-4-9(13)11(10)16-12/h3-6H,1-2H3,(H,15,16). The summed E-state index contributed by atoms with van der Waals surface area (Å²) in [5.74, 6) is 0.804. The Bertz CT molecular complexity index is 696. The average molecular weight is 247 g/mol. The molecule has 0 saturated heterocycles. The maximum atomic E-state index is 6.10. The smallest absolute Gasteiger partial charge is 0.142 e. The zero-order valence-corrected chi connectivity index (χ0v) is 10.3. The molecule has 0 aliphatic rings. The largest absolute Gasteiger partial charge is 0.338 e. The van der Waals surface area contributed by atoms with Gasteiger partial charge in [-0.25, -0.2) is 4.98 Å². The average Bonchev–Trinajstić information content (AvgIpc) is 2.85. The SMILES string of the molecule is Cc1c(-c2nc3c(Cl)cccc3[nH]2)cnn1C. The van der Waals surface area contributed by atoms with Crippen LogP contribution in [0.15, 0.2) is 24.4 Å². The Kier molecular flexibility index (Phi) is 2.19. The van der Waals surface area contributed by atoms with Gasteiger partial charge in [0, 0.05) is 12.7 Å². The molecule has 4 nitrogen and oxygen atoms in total. The summed E-state index contributed by atoms with van der Waals surface area (Å²) < 4.78 is 1.82. The summed E-state index contributed by atoms with van der Waals surface area (Å²) in [6, 6.07) is 5.71. The van der Waals surface area contributed by atoms with Gasteiger partial charge in [0.1, 0.15) is 11.3 Å². The van der Waals surface area contributed by atoms with Crippen molar-refractivity contribution in [1.29, 1.82) is 0 Å². The molecule has 3 aromatic rings. The molecule has 0 radical (unpaired) electrons. The fourth-order valence-corrected chi connectivity index (χ4v) is 2.07. The molecule has 0 amide bonds. The van der Waals surface area contributed by atoms with E-state index in [0.717, 1.165) is 28.1 Å². The number of rotatable bonds is 1. The molecule has 5 heteroatoms. The molecule has 0 unspecified atom stereocenters. The summed E-state index contributed by atoms with van der Waals surface area (Å²) in [5, 5.41) is 4.87. The molecule has 0 fully saturated rings. The highest BCUT2D eigenvalue weighted by molar-refractivity contribution is 6.34. The van der Waals surface area contributed by atoms with Crippen molar-refractivity contribution in [2.75, 3.05) is 0 Å². The van der Waals surface area contributed by atoms with Gasteiger partial charge in [-0.15, -0.1) is 0 Å². The zero-order chi connectivity index (χ0) is 12.0. The van der Waals surface area contributed by atoms with Crippen LogP contribution >= 0.6 is 11.6 Å². The molecule has 0 bridgehead atoms. The predicted octanol–water partition coefficient (Wildman–Crippen LogP) is 2.93. The van der Waals surface area contributed by atoms with E-state index in [0.29, 0.717) is 5.02 Å². The quantitative estimate of drug-likeness (QED) is 0.718. The molecule has 86 valence electrons. The molecule has 0 aliphatic carbocycles. The van der Waals surface area contributed by atoms with E-state index in [1.54, 1.807) is 6.20 Å². The van der Waals surface area contributed by atoms with E-state index >= 15 is 0 Å². The molecule has 1 N–H and O–H groups in total. The number of imidazole rings is 1. The van der Waals surface area contributed by atoms with E-state index in [2.05, 4.69) is 15.1 Å². The van der Waals surface area contributed by atoms with E-state index < -0.39 is 0 Å². The Morgan fingerprint density at radius 2 is 2.18 bits per heavy atom. The molecular weight excluding hydrogens is 236 g/mol. The number of benzene rings is 1. The van der Waals surface area contributed by atoms with Gasteiger partial charge in [-0.1, -0.05) is 17.7 Å². The Morgan fingerprint density at radius 1 is 1.35 bits per heavy atom. The number of aryl methyl sites for hydroxylation is 1. The molecule has 2 aromatic heterocycles. The number of halogens is 1. The van der Waals surface area contributed by atoms with E-state index in [4.69, 9.17) is 11.6 Å². The maximum Gasteiger partial charge on any atom is 0.142 e. The lowest BCUT2D eigenvalue weighted by molar-refractivity contribution is 0.740. The summed E-state index contributed by atoms with van der Waals surface area (Å²) in [4.78, 5) is 7.77. The van der Waals surface area contributed by atoms with Crippen LogP contribution in [0, 0.1) is 6.92 Å². The van der Waals surface area contributed by atoms with Crippen molar-refractivity contribution in [3.63, 3.8) is 0 Å². The highest BCUT2D eigenvalue weighted by Gasteiger charge is 2.12. The minimum Gasteiger partial charge on any atom is -0.338 e. The summed E-state index contributed by atoms with van der Waals surface area (Å²) in [6.45, 7) is 2.01. The van der Waals surface area contributed by atoms with Crippen LogP contribution in [0.4, 0.5) is 0 Å². The fourth-order valence-electron chi connectivity index (χ4n) is 1.86. The van der Waals surface area contributed by atoms with Crippen molar-refractivity contribution in [2.24, 2.45) is 7.05 Å². The van der Waals surface area contributed by atoms with Crippen LogP contribution < -0.4 is 0 Å². The van der Waals surface area contributed by atoms with Gasteiger partial charge in [-0.2, -0.15) is 5.10 Å². The predicted molar refractivity (Wildman–Crippen MR) is 68.0 cm³/mol. The minimum atomic E-state index is 0.659. The lowest BCUT2D eigenvalue weighted by Gasteiger charge is -1.95. The van der Waals surface area contributed by atoms with Crippen LogP contribution in [-0.4, -0.2) is 19.7 Å². The highest BCUT2D eigenvalue weighted by Crippen LogP contribution is 2.26. The number of para-hydroxylation sites is 1. The zero-order valence-electron chi connectivity index (χ0n) is 9.53. The molecule has 0 spiro atoms. The van der Waals surface area contributed by atoms with Crippen molar-refractivity contribution >= 4 is 22.6 Å². The van der Waals surface area contributed by atoms with Crippen molar-refractivity contribution < 1.29 is 0 Å². The molecular formula is C12H11ClN4. The topological polar surface area (TPSA) is 46.5 Å². The molecule has 2 heterocycles. The first-order chi connectivity index (χ1) is 8.16. The van der Waals surface area contributed by atoms with E-state index in [-0.39, 0.29) is 0 Å². The van der Waals surface area contributed by atoms with Crippen LogP contribution in [0.3, 0.4) is 0 Å². The monoisotopic (exact) mass is 246 g/mol. The van der Waals surface area contributed by atoms with Crippen molar-refractivity contribution in [2.45, 2.75) is 6.92 Å². The maximum absolute atomic E-state index is 6.10. The van der Waals surface area contributed by atoms with Gasteiger partial charge in [0.2, 0.25) is 0 Å². The first kappa shape index (κ1) is 10.4. The number of nitrogens with one attached hydrogen (secondary N) is 1. The third-order valence-electron chi connectivity index (χ3n) is 2.95. The van der Waals surface area contributed by atoms with E-state index in [1.165, 1.54) is 0 Å². The minimum absolute atomic E-state index is 0.659. The number of hydrogen-bond acceptors (Lipinski definition) is 2. The lowest BCUT2D eigenvalue weighted by atomic mass is 10.2. The Morgan fingerprint density at radius 3 is 2.82 bits per heavy atom. The second kappa shape index (κ2) is 3.60. The van der Waals surface area contributed by atoms with E-state index in [1.807, 2.05) is 36.9 Å². The number of aromatic nitrogens is 4. The van der Waals surface area contributed by atoms with Gasteiger partial charge in [-0.3, -0.25) is 4.68 Å². The van der Waals surface area contributed by atoms with Gasteiger partial charge >= 0.3 is 0 Å². The molecule has 0 saturated carbocycles. The van der Waals surface area contributed by atoms with E-state index in [9.17, 15) is 0 Å². The van der Waals surface area contributed by atoms with Gasteiger partial charge in [-0.05, 0) is 19.1 Å². The number of hydrogen-bond donors (Lipinski definition) is 1. The number of H-pyrrole nitrogens is 1. The number of aromatic amines is 1. The third-order valence-corrected chi connectivity index (χ3v) is 3.26. The van der Waals surface area contributed by atoms with Gasteiger partial charge < -0.3 is 4.98 Å². The van der Waals surface area contributed by atoms with Crippen molar-refractivity contribution in [3.05, 3.63) is 35.1 Å². The summed E-state index contributed by atoms with van der Waals surface area (Å²) in [7, 11) is 1.91. The summed E-state index contributed by atoms with van der Waals surface area (Å²) in [6.07, 6.45) is 1.81. The lowest BCUT2D eigenvalue weighted by Crippen LogP contribution is -1.92. The van der Waals surface area contributed by atoms with Gasteiger partial charge in [0.15, 0.2) is 0 Å². The van der Waals surface area contributed by atoms with Gasteiger partial charge in [0.25, 0.3) is 0 Å². The molecule has 0 aliphatic heterocycles. The fraction of sp³-hybridized carbons (Fsp3) is 0.167. The third kappa shape index (κ3) is 1.52. The number of nitrogens with zero attached hydrogens (tertiary/aromatic N) is 3. The highest BCUT2D eigenvalue weighted by atomic mass is 35.5. The normalized spacial score (nSPS) is 11.2. The molecule has 1 aromatic carbocycles. The molecule has 0 atom stereocenters. The first-order valence-electron chi connectivity index (χ1n) is 5.30. The molecule has 3 rings (SSSR count). The summed E-state index contributed by atoms with van der Waals surface area (Å²) in [5.41, 5.74) is 3.81. The molecule has 17 heavy (non-hydrogen) atoms.